The van der Waals surface area contributed by atoms with E-state index in [0.29, 0.717) is 18.7 Å². The number of carboxylic acid groups (broad SMARTS) is 1. The van der Waals surface area contributed by atoms with Crippen LogP contribution >= 0.6 is 0 Å². The van der Waals surface area contributed by atoms with Crippen molar-refractivity contribution in [3.8, 4) is 11.8 Å². The predicted octanol–water partition coefficient (Wildman–Crippen LogP) is 1.59. The molecule has 0 amide bonds. The Morgan fingerprint density at radius 3 is 2.63 bits per heavy atom. The van der Waals surface area contributed by atoms with Crippen LogP contribution in [0.25, 0.3) is 5.69 Å². The van der Waals surface area contributed by atoms with Crippen molar-refractivity contribution in [1.82, 2.24) is 14.8 Å². The minimum absolute atomic E-state index is 0.210. The molecule has 6 nitrogen and oxygen atoms in total. The summed E-state index contributed by atoms with van der Waals surface area (Å²) in [6.45, 7) is 1.89. The van der Waals surface area contributed by atoms with Crippen LogP contribution in [0.4, 0.5) is 0 Å². The number of aromatic nitrogens is 3. The zero-order chi connectivity index (χ0) is 13.8. The Balaban J connectivity index is 2.40. The van der Waals surface area contributed by atoms with Crippen LogP contribution in [-0.4, -0.2) is 25.8 Å². The fraction of sp³-hybridized carbons (Fsp3) is 0.231. The zero-order valence-electron chi connectivity index (χ0n) is 10.4. The zero-order valence-corrected chi connectivity index (χ0v) is 10.4. The third kappa shape index (κ3) is 2.60. The number of hydrogen-bond donors (Lipinski definition) is 1. The van der Waals surface area contributed by atoms with Crippen LogP contribution in [0, 0.1) is 11.3 Å². The molecule has 0 aliphatic heterocycles. The van der Waals surface area contributed by atoms with Crippen LogP contribution in [0.1, 0.15) is 28.9 Å². The SMILES string of the molecule is CCc1nc(C(=O)O)nn1-c1ccc(CC#N)cc1. The molecule has 19 heavy (non-hydrogen) atoms. The maximum absolute atomic E-state index is 10.9. The van der Waals surface area contributed by atoms with Crippen LogP contribution in [0.3, 0.4) is 0 Å². The molecule has 0 saturated heterocycles. The van der Waals surface area contributed by atoms with Gasteiger partial charge in [-0.05, 0) is 17.7 Å². The second kappa shape index (κ2) is 5.31. The molecule has 2 aromatic rings. The average Bonchev–Trinajstić information content (AvgIpc) is 2.84. The molecule has 0 saturated carbocycles. The molecule has 0 bridgehead atoms. The van der Waals surface area contributed by atoms with Gasteiger partial charge in [-0.25, -0.2) is 14.5 Å². The smallest absolute Gasteiger partial charge is 0.375 e. The molecule has 0 spiro atoms. The van der Waals surface area contributed by atoms with Gasteiger partial charge in [0.2, 0.25) is 0 Å². The Morgan fingerprint density at radius 1 is 1.42 bits per heavy atom. The van der Waals surface area contributed by atoms with Crippen molar-refractivity contribution >= 4 is 5.97 Å². The molecule has 0 fully saturated rings. The first kappa shape index (κ1) is 12.8. The third-order valence-corrected chi connectivity index (χ3v) is 2.65. The lowest BCUT2D eigenvalue weighted by molar-refractivity contribution is 0.0683. The van der Waals surface area contributed by atoms with Crippen LogP contribution in [0.5, 0.6) is 0 Å². The van der Waals surface area contributed by atoms with Crippen molar-refractivity contribution in [2.75, 3.05) is 0 Å². The summed E-state index contributed by atoms with van der Waals surface area (Å²) in [5.41, 5.74) is 1.64. The standard InChI is InChI=1S/C13H12N4O2/c1-2-11-15-12(13(18)19)16-17(11)10-5-3-9(4-6-10)7-8-14/h3-6H,2,7H2,1H3,(H,18,19). The van der Waals surface area contributed by atoms with Crippen molar-refractivity contribution < 1.29 is 9.90 Å². The summed E-state index contributed by atoms with van der Waals surface area (Å²) in [5, 5.41) is 21.5. The van der Waals surface area contributed by atoms with Gasteiger partial charge in [-0.3, -0.25) is 0 Å². The highest BCUT2D eigenvalue weighted by Crippen LogP contribution is 2.12. The molecule has 96 valence electrons. The first-order valence-corrected chi connectivity index (χ1v) is 5.81. The van der Waals surface area contributed by atoms with Gasteiger partial charge in [0.25, 0.3) is 5.82 Å². The van der Waals surface area contributed by atoms with Gasteiger partial charge < -0.3 is 5.11 Å². The Hall–Kier alpha value is -2.68. The highest BCUT2D eigenvalue weighted by Gasteiger charge is 2.15. The maximum Gasteiger partial charge on any atom is 0.375 e. The molecule has 0 aliphatic carbocycles. The molecule has 0 atom stereocenters. The van der Waals surface area contributed by atoms with E-state index in [1.165, 1.54) is 4.68 Å². The van der Waals surface area contributed by atoms with Gasteiger partial charge in [-0.2, -0.15) is 5.26 Å². The lowest BCUT2D eigenvalue weighted by atomic mass is 10.1. The molecule has 1 aromatic carbocycles. The van der Waals surface area contributed by atoms with Crippen LogP contribution in [0.15, 0.2) is 24.3 Å². The van der Waals surface area contributed by atoms with E-state index in [9.17, 15) is 4.79 Å². The molecule has 1 aromatic heterocycles. The number of carboxylic acids is 1. The van der Waals surface area contributed by atoms with Crippen molar-refractivity contribution in [1.29, 1.82) is 5.26 Å². The number of benzene rings is 1. The summed E-state index contributed by atoms with van der Waals surface area (Å²) in [4.78, 5) is 14.8. The van der Waals surface area contributed by atoms with E-state index in [0.717, 1.165) is 11.3 Å². The van der Waals surface area contributed by atoms with Gasteiger partial charge >= 0.3 is 5.97 Å². The number of nitriles is 1. The minimum atomic E-state index is -1.14. The lowest BCUT2D eigenvalue weighted by Gasteiger charge is -2.04. The normalized spacial score (nSPS) is 10.1. The van der Waals surface area contributed by atoms with Crippen molar-refractivity contribution in [2.24, 2.45) is 0 Å². The molecule has 2 rings (SSSR count). The minimum Gasteiger partial charge on any atom is -0.475 e. The van der Waals surface area contributed by atoms with Gasteiger partial charge in [0.05, 0.1) is 18.2 Å². The number of carbonyl (C=O) groups is 1. The first-order chi connectivity index (χ1) is 9.15. The molecular formula is C13H12N4O2. The Labute approximate surface area is 109 Å². The Morgan fingerprint density at radius 2 is 2.11 bits per heavy atom. The fourth-order valence-corrected chi connectivity index (χ4v) is 1.72. The quantitative estimate of drug-likeness (QED) is 0.896. The van der Waals surface area contributed by atoms with Crippen molar-refractivity contribution in [2.45, 2.75) is 19.8 Å². The van der Waals surface area contributed by atoms with Crippen LogP contribution in [-0.2, 0) is 12.8 Å². The number of hydrogen-bond acceptors (Lipinski definition) is 4. The molecule has 6 heteroatoms. The fourth-order valence-electron chi connectivity index (χ4n) is 1.72. The summed E-state index contributed by atoms with van der Waals surface area (Å²) in [5.74, 6) is -0.766. The largest absolute Gasteiger partial charge is 0.475 e. The van der Waals surface area contributed by atoms with Gasteiger partial charge in [-0.1, -0.05) is 19.1 Å². The monoisotopic (exact) mass is 256 g/mol. The van der Waals surface area contributed by atoms with Gasteiger partial charge in [0, 0.05) is 6.42 Å². The summed E-state index contributed by atoms with van der Waals surface area (Å²) in [7, 11) is 0. The second-order valence-corrected chi connectivity index (χ2v) is 3.92. The van der Waals surface area contributed by atoms with E-state index in [-0.39, 0.29) is 5.82 Å². The number of rotatable bonds is 4. The number of aromatic carboxylic acids is 1. The van der Waals surface area contributed by atoms with Gasteiger partial charge in [0.15, 0.2) is 0 Å². The number of aryl methyl sites for hydroxylation is 1. The first-order valence-electron chi connectivity index (χ1n) is 5.81. The lowest BCUT2D eigenvalue weighted by Crippen LogP contribution is -2.03. The molecule has 1 N–H and O–H groups in total. The van der Waals surface area contributed by atoms with Crippen molar-refractivity contribution in [3.63, 3.8) is 0 Å². The van der Waals surface area contributed by atoms with Crippen LogP contribution < -0.4 is 0 Å². The highest BCUT2D eigenvalue weighted by atomic mass is 16.4. The summed E-state index contributed by atoms with van der Waals surface area (Å²) in [6.07, 6.45) is 0.929. The molecule has 0 unspecified atom stereocenters. The Bertz CT molecular complexity index is 638. The maximum atomic E-state index is 10.9. The number of nitrogens with zero attached hydrogens (tertiary/aromatic N) is 4. The molecule has 0 radical (unpaired) electrons. The average molecular weight is 256 g/mol. The summed E-state index contributed by atoms with van der Waals surface area (Å²) >= 11 is 0. The predicted molar refractivity (Wildman–Crippen MR) is 67.0 cm³/mol. The Kier molecular flexibility index (Phi) is 3.57. The van der Waals surface area contributed by atoms with E-state index in [2.05, 4.69) is 16.2 Å². The summed E-state index contributed by atoms with van der Waals surface area (Å²) < 4.78 is 1.51. The van der Waals surface area contributed by atoms with Gasteiger partial charge in [-0.15, -0.1) is 5.10 Å². The third-order valence-electron chi connectivity index (χ3n) is 2.65. The molecule has 1 heterocycles. The van der Waals surface area contributed by atoms with E-state index < -0.39 is 5.97 Å². The van der Waals surface area contributed by atoms with E-state index >= 15 is 0 Å². The highest BCUT2D eigenvalue weighted by molar-refractivity contribution is 5.83. The van der Waals surface area contributed by atoms with E-state index in [4.69, 9.17) is 10.4 Å². The van der Waals surface area contributed by atoms with E-state index in [1.54, 1.807) is 12.1 Å². The molecular weight excluding hydrogens is 244 g/mol. The summed E-state index contributed by atoms with van der Waals surface area (Å²) in [6, 6.07) is 9.31. The topological polar surface area (TPSA) is 91.8 Å². The van der Waals surface area contributed by atoms with E-state index in [1.807, 2.05) is 19.1 Å². The molecule has 0 aliphatic rings. The van der Waals surface area contributed by atoms with Gasteiger partial charge in [0.1, 0.15) is 5.82 Å². The van der Waals surface area contributed by atoms with Crippen LogP contribution in [0.2, 0.25) is 0 Å². The van der Waals surface area contributed by atoms with Crippen molar-refractivity contribution in [3.05, 3.63) is 41.5 Å². The second-order valence-electron chi connectivity index (χ2n) is 3.92.